The first-order valence-corrected chi connectivity index (χ1v) is 7.01. The van der Waals surface area contributed by atoms with Crippen LogP contribution in [0.3, 0.4) is 0 Å². The highest BCUT2D eigenvalue weighted by atomic mass is 16.2. The summed E-state index contributed by atoms with van der Waals surface area (Å²) < 4.78 is 0. The SMILES string of the molecule is O=C1NC(=O)c2c(Cc3cccc4c3C(=O)NC4=O)cccc21. The number of hydrogen-bond donors (Lipinski definition) is 2. The van der Waals surface area contributed by atoms with Crippen molar-refractivity contribution < 1.29 is 19.2 Å². The predicted molar refractivity (Wildman–Crippen MR) is 79.3 cm³/mol. The van der Waals surface area contributed by atoms with Crippen molar-refractivity contribution in [3.63, 3.8) is 0 Å². The molecular weight excluding hydrogens is 296 g/mol. The van der Waals surface area contributed by atoms with Crippen molar-refractivity contribution in [2.45, 2.75) is 6.42 Å². The quantitative estimate of drug-likeness (QED) is 0.811. The van der Waals surface area contributed by atoms with Crippen LogP contribution in [0.25, 0.3) is 0 Å². The summed E-state index contributed by atoms with van der Waals surface area (Å²) in [7, 11) is 0. The van der Waals surface area contributed by atoms with Crippen LogP contribution in [0.4, 0.5) is 0 Å². The fourth-order valence-electron chi connectivity index (χ4n) is 3.08. The van der Waals surface area contributed by atoms with Gasteiger partial charge in [0.25, 0.3) is 23.6 Å². The Kier molecular flexibility index (Phi) is 2.68. The number of nitrogens with one attached hydrogen (secondary N) is 2. The van der Waals surface area contributed by atoms with Gasteiger partial charge in [0, 0.05) is 0 Å². The van der Waals surface area contributed by atoms with E-state index in [0.717, 1.165) is 0 Å². The second-order valence-corrected chi connectivity index (χ2v) is 5.42. The van der Waals surface area contributed by atoms with Crippen molar-refractivity contribution in [3.8, 4) is 0 Å². The van der Waals surface area contributed by atoms with Gasteiger partial charge < -0.3 is 0 Å². The number of rotatable bonds is 2. The molecule has 2 aromatic carbocycles. The molecule has 0 unspecified atom stereocenters. The van der Waals surface area contributed by atoms with Gasteiger partial charge in [0.05, 0.1) is 22.3 Å². The number of hydrogen-bond acceptors (Lipinski definition) is 4. The Morgan fingerprint density at radius 1 is 0.609 bits per heavy atom. The molecule has 0 radical (unpaired) electrons. The largest absolute Gasteiger partial charge is 0.288 e. The molecule has 0 fully saturated rings. The molecule has 112 valence electrons. The van der Waals surface area contributed by atoms with Gasteiger partial charge in [0.2, 0.25) is 0 Å². The first-order chi connectivity index (χ1) is 11.1. The van der Waals surface area contributed by atoms with Crippen LogP contribution in [-0.2, 0) is 6.42 Å². The van der Waals surface area contributed by atoms with Crippen LogP contribution >= 0.6 is 0 Å². The Labute approximate surface area is 130 Å². The normalized spacial score (nSPS) is 15.3. The van der Waals surface area contributed by atoms with E-state index in [0.29, 0.717) is 33.4 Å². The van der Waals surface area contributed by atoms with Crippen LogP contribution in [0.15, 0.2) is 36.4 Å². The number of imide groups is 2. The third-order valence-electron chi connectivity index (χ3n) is 4.08. The summed E-state index contributed by atoms with van der Waals surface area (Å²) in [6, 6.07) is 10.0. The fraction of sp³-hybridized carbons (Fsp3) is 0.0588. The van der Waals surface area contributed by atoms with Gasteiger partial charge in [-0.2, -0.15) is 0 Å². The average molecular weight is 306 g/mol. The molecule has 4 amide bonds. The summed E-state index contributed by atoms with van der Waals surface area (Å²) in [5, 5.41) is 4.53. The second-order valence-electron chi connectivity index (χ2n) is 5.42. The molecule has 6 nitrogen and oxygen atoms in total. The van der Waals surface area contributed by atoms with Crippen LogP contribution < -0.4 is 10.6 Å². The minimum absolute atomic E-state index is 0.285. The van der Waals surface area contributed by atoms with Gasteiger partial charge in [-0.15, -0.1) is 0 Å². The molecule has 0 bridgehead atoms. The third-order valence-corrected chi connectivity index (χ3v) is 4.08. The molecule has 23 heavy (non-hydrogen) atoms. The first-order valence-electron chi connectivity index (χ1n) is 7.01. The number of fused-ring (bicyclic) bond motifs is 2. The molecule has 2 aliphatic heterocycles. The van der Waals surface area contributed by atoms with Crippen molar-refractivity contribution >= 4 is 23.6 Å². The zero-order chi connectivity index (χ0) is 16.1. The molecule has 6 heteroatoms. The molecule has 2 heterocycles. The number of carbonyl (C=O) groups excluding carboxylic acids is 4. The summed E-state index contributed by atoms with van der Waals surface area (Å²) in [6.07, 6.45) is 0.285. The maximum absolute atomic E-state index is 12.0. The van der Waals surface area contributed by atoms with E-state index in [-0.39, 0.29) is 6.42 Å². The summed E-state index contributed by atoms with van der Waals surface area (Å²) >= 11 is 0. The van der Waals surface area contributed by atoms with Crippen molar-refractivity contribution in [3.05, 3.63) is 69.8 Å². The van der Waals surface area contributed by atoms with Crippen molar-refractivity contribution in [2.75, 3.05) is 0 Å². The predicted octanol–water partition coefficient (Wildman–Crippen LogP) is 1.04. The Morgan fingerprint density at radius 2 is 1.04 bits per heavy atom. The standard InChI is InChI=1S/C17H10N2O4/c20-14-10-5-1-3-8(12(10)16(22)18-14)7-9-4-2-6-11-13(9)17(23)19-15(11)21/h1-6H,7H2,(H,18,20,22)(H,19,21,23). The van der Waals surface area contributed by atoms with Gasteiger partial charge in [-0.1, -0.05) is 24.3 Å². The molecule has 2 aliphatic rings. The summed E-state index contributed by atoms with van der Waals surface area (Å²) in [6.45, 7) is 0. The van der Waals surface area contributed by atoms with Crippen molar-refractivity contribution in [1.82, 2.24) is 10.6 Å². The van der Waals surface area contributed by atoms with E-state index in [4.69, 9.17) is 0 Å². The lowest BCUT2D eigenvalue weighted by molar-refractivity contribution is 0.0863. The Hall–Kier alpha value is -3.28. The highest BCUT2D eigenvalue weighted by Crippen LogP contribution is 2.26. The molecule has 0 aromatic heterocycles. The van der Waals surface area contributed by atoms with Crippen LogP contribution in [0, 0.1) is 0 Å². The van der Waals surface area contributed by atoms with E-state index in [2.05, 4.69) is 10.6 Å². The van der Waals surface area contributed by atoms with E-state index in [1.807, 2.05) is 0 Å². The molecule has 0 saturated carbocycles. The summed E-state index contributed by atoms with van der Waals surface area (Å²) in [4.78, 5) is 47.4. The highest BCUT2D eigenvalue weighted by molar-refractivity contribution is 6.23. The lowest BCUT2D eigenvalue weighted by atomic mass is 9.93. The monoisotopic (exact) mass is 306 g/mol. The number of amides is 4. The Morgan fingerprint density at radius 3 is 1.48 bits per heavy atom. The van der Waals surface area contributed by atoms with Crippen LogP contribution in [0.2, 0.25) is 0 Å². The Balaban J connectivity index is 1.83. The minimum atomic E-state index is -0.436. The van der Waals surface area contributed by atoms with Gasteiger partial charge in [0.1, 0.15) is 0 Å². The Bertz CT molecular complexity index is 855. The molecule has 0 spiro atoms. The molecule has 0 atom stereocenters. The molecule has 4 rings (SSSR count). The molecule has 0 aliphatic carbocycles. The topological polar surface area (TPSA) is 92.3 Å². The third kappa shape index (κ3) is 1.88. The van der Waals surface area contributed by atoms with Crippen LogP contribution in [0.5, 0.6) is 0 Å². The van der Waals surface area contributed by atoms with E-state index in [1.54, 1.807) is 36.4 Å². The van der Waals surface area contributed by atoms with Gasteiger partial charge in [-0.25, -0.2) is 0 Å². The zero-order valence-electron chi connectivity index (χ0n) is 11.8. The molecular formula is C17H10N2O4. The highest BCUT2D eigenvalue weighted by Gasteiger charge is 2.32. The molecule has 2 N–H and O–H groups in total. The van der Waals surface area contributed by atoms with Gasteiger partial charge in [-0.05, 0) is 29.7 Å². The maximum Gasteiger partial charge on any atom is 0.259 e. The zero-order valence-corrected chi connectivity index (χ0v) is 11.8. The lowest BCUT2D eigenvalue weighted by Gasteiger charge is -2.08. The smallest absolute Gasteiger partial charge is 0.259 e. The fourth-order valence-corrected chi connectivity index (χ4v) is 3.08. The second kappa shape index (κ2) is 4.61. The number of benzene rings is 2. The van der Waals surface area contributed by atoms with Crippen molar-refractivity contribution in [2.24, 2.45) is 0 Å². The van der Waals surface area contributed by atoms with Gasteiger partial charge >= 0.3 is 0 Å². The summed E-state index contributed by atoms with van der Waals surface area (Å²) in [5.41, 5.74) is 2.62. The van der Waals surface area contributed by atoms with E-state index in [1.165, 1.54) is 0 Å². The van der Waals surface area contributed by atoms with E-state index in [9.17, 15) is 19.2 Å². The minimum Gasteiger partial charge on any atom is -0.288 e. The van der Waals surface area contributed by atoms with Gasteiger partial charge in [-0.3, -0.25) is 29.8 Å². The average Bonchev–Trinajstić information content (AvgIpc) is 2.98. The molecule has 0 saturated heterocycles. The van der Waals surface area contributed by atoms with Crippen LogP contribution in [-0.4, -0.2) is 23.6 Å². The van der Waals surface area contributed by atoms with E-state index >= 15 is 0 Å². The lowest BCUT2D eigenvalue weighted by Crippen LogP contribution is -2.20. The first kappa shape index (κ1) is 13.4. The maximum atomic E-state index is 12.0. The number of carbonyl (C=O) groups is 4. The van der Waals surface area contributed by atoms with Crippen LogP contribution in [0.1, 0.15) is 52.6 Å². The van der Waals surface area contributed by atoms with Gasteiger partial charge in [0.15, 0.2) is 0 Å². The molecule has 2 aromatic rings. The van der Waals surface area contributed by atoms with E-state index < -0.39 is 23.6 Å². The van der Waals surface area contributed by atoms with Crippen molar-refractivity contribution in [1.29, 1.82) is 0 Å². The summed E-state index contributed by atoms with van der Waals surface area (Å²) in [5.74, 6) is -1.71.